The molecular weight excluding hydrogens is 829 g/mol. The maximum Gasteiger partial charge on any atom is 0.306 e. The van der Waals surface area contributed by atoms with E-state index in [0.29, 0.717) is 19.3 Å². The molecule has 0 saturated heterocycles. The fourth-order valence-corrected chi connectivity index (χ4v) is 7.18. The van der Waals surface area contributed by atoms with E-state index < -0.39 is 6.10 Å². The molecule has 0 aromatic carbocycles. The molecule has 0 unspecified atom stereocenters. The molecule has 0 bridgehead atoms. The van der Waals surface area contributed by atoms with Crippen LogP contribution in [-0.2, 0) is 28.6 Å². The Bertz CT molecular complexity index is 1390. The molecule has 0 fully saturated rings. The van der Waals surface area contributed by atoms with Crippen LogP contribution in [0.5, 0.6) is 0 Å². The molecule has 0 radical (unpaired) electrons. The largest absolute Gasteiger partial charge is 0.462 e. The maximum atomic E-state index is 12.8. The Hall–Kier alpha value is -3.93. The standard InChI is InChI=1S/C61H100O6/c1-4-7-10-13-16-19-22-25-28-29-30-31-34-36-39-42-45-48-51-54-60(63)66-57-58(67-61(64)55-52-49-46-43-40-37-33-27-24-21-18-15-12-9-6-3)56-65-59(62)53-50-47-44-41-38-35-32-26-23-20-17-14-11-8-5-2/h7,9-10,12,16,18-21,23,25,27-28,30-31,33,36,39,58H,4-6,8,11,13-15,17,22,24,26,29,32,34-35,37-38,40-57H2,1-3H3/b10-7-,12-9-,19-16-,21-18-,23-20-,28-25-,31-30-,33-27-,39-36-/t58-/m0/s1. The van der Waals surface area contributed by atoms with Gasteiger partial charge in [-0.3, -0.25) is 14.4 Å². The molecule has 0 aromatic rings. The first kappa shape index (κ1) is 63.1. The van der Waals surface area contributed by atoms with E-state index >= 15 is 0 Å². The van der Waals surface area contributed by atoms with Crippen molar-refractivity contribution in [3.05, 3.63) is 109 Å². The lowest BCUT2D eigenvalue weighted by molar-refractivity contribution is -0.167. The molecule has 0 N–H and O–H groups in total. The summed E-state index contributed by atoms with van der Waals surface area (Å²) in [5, 5.41) is 0. The van der Waals surface area contributed by atoms with Gasteiger partial charge < -0.3 is 14.2 Å². The third-order valence-electron chi connectivity index (χ3n) is 11.2. The Morgan fingerprint density at radius 3 is 0.940 bits per heavy atom. The van der Waals surface area contributed by atoms with Crippen molar-refractivity contribution in [1.29, 1.82) is 0 Å². The smallest absolute Gasteiger partial charge is 0.306 e. The molecule has 0 aromatic heterocycles. The minimum atomic E-state index is -0.805. The summed E-state index contributed by atoms with van der Waals surface area (Å²) in [5.74, 6) is -0.957. The van der Waals surface area contributed by atoms with Crippen LogP contribution in [0, 0.1) is 0 Å². The van der Waals surface area contributed by atoms with Crippen molar-refractivity contribution >= 4 is 17.9 Å². The van der Waals surface area contributed by atoms with Gasteiger partial charge in [0.25, 0.3) is 0 Å². The van der Waals surface area contributed by atoms with Gasteiger partial charge in [-0.25, -0.2) is 0 Å². The molecule has 0 saturated carbocycles. The Labute approximate surface area is 412 Å². The predicted molar refractivity (Wildman–Crippen MR) is 288 cm³/mol. The summed E-state index contributed by atoms with van der Waals surface area (Å²) < 4.78 is 16.8. The van der Waals surface area contributed by atoms with E-state index in [1.807, 2.05) is 0 Å². The second kappa shape index (κ2) is 54.7. The summed E-state index contributed by atoms with van der Waals surface area (Å²) in [6.45, 7) is 6.35. The van der Waals surface area contributed by atoms with E-state index in [-0.39, 0.29) is 31.1 Å². The summed E-state index contributed by atoms with van der Waals surface area (Å²) in [4.78, 5) is 38.1. The van der Waals surface area contributed by atoms with E-state index in [1.165, 1.54) is 64.2 Å². The van der Waals surface area contributed by atoms with Gasteiger partial charge >= 0.3 is 17.9 Å². The highest BCUT2D eigenvalue weighted by molar-refractivity contribution is 5.71. The van der Waals surface area contributed by atoms with Gasteiger partial charge in [-0.05, 0) is 122 Å². The minimum absolute atomic E-state index is 0.0997. The first-order valence-electron chi connectivity index (χ1n) is 27.4. The molecule has 380 valence electrons. The summed E-state index contributed by atoms with van der Waals surface area (Å²) >= 11 is 0. The number of carbonyl (C=O) groups excluding carboxylic acids is 3. The van der Waals surface area contributed by atoms with E-state index in [2.05, 4.69) is 130 Å². The SMILES string of the molecule is CC/C=C\C/C=C\C/C=C\C/C=C\C/C=C\CCCCCC(=O)OC[C@H](COC(=O)CCCCCCCCC/C=C\CCCCCC)OC(=O)CCCCCCC/C=C\C/C=C\C/C=C\CC. The van der Waals surface area contributed by atoms with Gasteiger partial charge in [-0.1, -0.05) is 207 Å². The number of carbonyl (C=O) groups is 3. The second-order valence-electron chi connectivity index (χ2n) is 17.7. The molecule has 6 nitrogen and oxygen atoms in total. The Kier molecular flexibility index (Phi) is 51.5. The third kappa shape index (κ3) is 52.9. The highest BCUT2D eigenvalue weighted by atomic mass is 16.6. The highest BCUT2D eigenvalue weighted by Crippen LogP contribution is 2.14. The fourth-order valence-electron chi connectivity index (χ4n) is 7.18. The minimum Gasteiger partial charge on any atom is -0.462 e. The number of hydrogen-bond acceptors (Lipinski definition) is 6. The lowest BCUT2D eigenvalue weighted by Gasteiger charge is -2.18. The Balaban J connectivity index is 4.49. The van der Waals surface area contributed by atoms with Gasteiger partial charge in [-0.15, -0.1) is 0 Å². The number of ether oxygens (including phenoxy) is 3. The zero-order valence-electron chi connectivity index (χ0n) is 43.4. The Morgan fingerprint density at radius 1 is 0.313 bits per heavy atom. The van der Waals surface area contributed by atoms with E-state index in [9.17, 15) is 14.4 Å². The summed E-state index contributed by atoms with van der Waals surface area (Å²) in [5.41, 5.74) is 0. The van der Waals surface area contributed by atoms with Crippen LogP contribution in [0.2, 0.25) is 0 Å². The molecule has 6 heteroatoms. The zero-order chi connectivity index (χ0) is 48.6. The van der Waals surface area contributed by atoms with Crippen LogP contribution in [0.15, 0.2) is 109 Å². The van der Waals surface area contributed by atoms with Crippen molar-refractivity contribution in [3.8, 4) is 0 Å². The number of unbranched alkanes of at least 4 members (excludes halogenated alkanes) is 19. The first-order chi connectivity index (χ1) is 33.0. The quantitative estimate of drug-likeness (QED) is 0.0262. The molecule has 0 aliphatic rings. The van der Waals surface area contributed by atoms with Gasteiger partial charge in [0.05, 0.1) is 0 Å². The number of esters is 3. The topological polar surface area (TPSA) is 78.9 Å². The van der Waals surface area contributed by atoms with Crippen LogP contribution in [0.1, 0.15) is 239 Å². The van der Waals surface area contributed by atoms with Crippen molar-refractivity contribution in [2.24, 2.45) is 0 Å². The van der Waals surface area contributed by atoms with E-state index in [1.54, 1.807) is 0 Å². The average molecular weight is 929 g/mol. The molecule has 0 rings (SSSR count). The molecule has 0 aliphatic carbocycles. The van der Waals surface area contributed by atoms with Crippen LogP contribution in [0.25, 0.3) is 0 Å². The van der Waals surface area contributed by atoms with Gasteiger partial charge in [0.15, 0.2) is 6.10 Å². The fraction of sp³-hybridized carbons (Fsp3) is 0.656. The summed E-state index contributed by atoms with van der Waals surface area (Å²) in [7, 11) is 0. The normalized spacial score (nSPS) is 12.9. The number of hydrogen-bond donors (Lipinski definition) is 0. The van der Waals surface area contributed by atoms with Crippen LogP contribution in [0.4, 0.5) is 0 Å². The van der Waals surface area contributed by atoms with Gasteiger partial charge in [-0.2, -0.15) is 0 Å². The molecule has 1 atom stereocenters. The lowest BCUT2D eigenvalue weighted by atomic mass is 10.1. The van der Waals surface area contributed by atoms with Crippen molar-refractivity contribution in [1.82, 2.24) is 0 Å². The monoisotopic (exact) mass is 929 g/mol. The molecule has 0 heterocycles. The molecule has 0 amide bonds. The lowest BCUT2D eigenvalue weighted by Crippen LogP contribution is -2.30. The van der Waals surface area contributed by atoms with Gasteiger partial charge in [0.2, 0.25) is 0 Å². The summed E-state index contributed by atoms with van der Waals surface area (Å²) in [6.07, 6.45) is 73.5. The van der Waals surface area contributed by atoms with Crippen molar-refractivity contribution in [2.45, 2.75) is 245 Å². The molecule has 67 heavy (non-hydrogen) atoms. The van der Waals surface area contributed by atoms with Crippen LogP contribution < -0.4 is 0 Å². The van der Waals surface area contributed by atoms with Crippen molar-refractivity contribution in [3.63, 3.8) is 0 Å². The van der Waals surface area contributed by atoms with E-state index in [4.69, 9.17) is 14.2 Å². The number of allylic oxidation sites excluding steroid dienone is 18. The molecular formula is C61H100O6. The Morgan fingerprint density at radius 2 is 0.582 bits per heavy atom. The van der Waals surface area contributed by atoms with Gasteiger partial charge in [0.1, 0.15) is 13.2 Å². The molecule has 0 spiro atoms. The second-order valence-corrected chi connectivity index (χ2v) is 17.7. The first-order valence-corrected chi connectivity index (χ1v) is 27.4. The van der Waals surface area contributed by atoms with Crippen LogP contribution >= 0.6 is 0 Å². The average Bonchev–Trinajstić information content (AvgIpc) is 3.33. The van der Waals surface area contributed by atoms with Crippen molar-refractivity contribution in [2.75, 3.05) is 13.2 Å². The van der Waals surface area contributed by atoms with Crippen LogP contribution in [-0.4, -0.2) is 37.2 Å². The predicted octanol–water partition coefficient (Wildman–Crippen LogP) is 18.3. The molecule has 0 aliphatic heterocycles. The van der Waals surface area contributed by atoms with Crippen LogP contribution in [0.3, 0.4) is 0 Å². The van der Waals surface area contributed by atoms with Crippen molar-refractivity contribution < 1.29 is 28.6 Å². The van der Waals surface area contributed by atoms with Gasteiger partial charge in [0, 0.05) is 19.3 Å². The third-order valence-corrected chi connectivity index (χ3v) is 11.2. The zero-order valence-corrected chi connectivity index (χ0v) is 43.4. The maximum absolute atomic E-state index is 12.8. The number of rotatable bonds is 48. The highest BCUT2D eigenvalue weighted by Gasteiger charge is 2.19. The summed E-state index contributed by atoms with van der Waals surface area (Å²) in [6, 6.07) is 0. The van der Waals surface area contributed by atoms with E-state index in [0.717, 1.165) is 135 Å².